The van der Waals surface area contributed by atoms with Crippen LogP contribution in [0.5, 0.6) is 0 Å². The van der Waals surface area contributed by atoms with E-state index in [0.717, 1.165) is 28.4 Å². The summed E-state index contributed by atoms with van der Waals surface area (Å²) in [5.41, 5.74) is 2.68. The molecule has 0 fully saturated rings. The number of nitrogens with one attached hydrogen (secondary N) is 1. The first-order valence-corrected chi connectivity index (χ1v) is 7.89. The van der Waals surface area contributed by atoms with Gasteiger partial charge >= 0.3 is 0 Å². The van der Waals surface area contributed by atoms with Crippen LogP contribution in [0.4, 0.5) is 0 Å². The summed E-state index contributed by atoms with van der Waals surface area (Å²) in [6.45, 7) is 9.77. The van der Waals surface area contributed by atoms with Gasteiger partial charge in [0, 0.05) is 10.4 Å². The molecule has 0 aliphatic heterocycles. The maximum atomic E-state index is 12.2. The highest BCUT2D eigenvalue weighted by Crippen LogP contribution is 2.25. The third-order valence-electron chi connectivity index (χ3n) is 3.61. The van der Waals surface area contributed by atoms with Crippen LogP contribution < -0.4 is 5.32 Å². The van der Waals surface area contributed by atoms with E-state index in [0.29, 0.717) is 12.2 Å². The van der Waals surface area contributed by atoms with E-state index in [1.807, 2.05) is 27.7 Å². The van der Waals surface area contributed by atoms with E-state index in [4.69, 9.17) is 4.52 Å². The van der Waals surface area contributed by atoms with Crippen LogP contribution in [0.15, 0.2) is 4.52 Å². The molecule has 1 unspecified atom stereocenters. The SMILES string of the molecule is CCC(NC(=O)Cc1c(C)noc1C)c1nc(C)c(C)s1. The predicted octanol–water partition coefficient (Wildman–Crippen LogP) is 3.17. The van der Waals surface area contributed by atoms with Gasteiger partial charge in [0.1, 0.15) is 10.8 Å². The van der Waals surface area contributed by atoms with Gasteiger partial charge in [0.25, 0.3) is 0 Å². The normalized spacial score (nSPS) is 12.4. The fourth-order valence-electron chi connectivity index (χ4n) is 2.15. The first kappa shape index (κ1) is 15.7. The van der Waals surface area contributed by atoms with Crippen molar-refractivity contribution in [3.63, 3.8) is 0 Å². The second kappa shape index (κ2) is 6.39. The standard InChI is InChI=1S/C15H21N3O2S/c1-6-13(15-16-8(2)11(5)21-15)17-14(19)7-12-9(3)18-20-10(12)4/h13H,6-7H2,1-5H3,(H,17,19). The second-order valence-electron chi connectivity index (χ2n) is 5.20. The highest BCUT2D eigenvalue weighted by atomic mass is 32.1. The summed E-state index contributed by atoms with van der Waals surface area (Å²) < 4.78 is 5.09. The van der Waals surface area contributed by atoms with Crippen molar-refractivity contribution in [2.75, 3.05) is 0 Å². The lowest BCUT2D eigenvalue weighted by molar-refractivity contribution is -0.121. The third-order valence-corrected chi connectivity index (χ3v) is 4.79. The van der Waals surface area contributed by atoms with Crippen molar-refractivity contribution in [1.82, 2.24) is 15.5 Å². The molecule has 21 heavy (non-hydrogen) atoms. The van der Waals surface area contributed by atoms with Crippen LogP contribution >= 0.6 is 11.3 Å². The summed E-state index contributed by atoms with van der Waals surface area (Å²) >= 11 is 1.65. The van der Waals surface area contributed by atoms with Gasteiger partial charge in [0.2, 0.25) is 5.91 Å². The number of carbonyl (C=O) groups is 1. The Morgan fingerprint density at radius 3 is 2.48 bits per heavy atom. The molecule has 0 spiro atoms. The molecule has 0 aliphatic rings. The molecule has 2 heterocycles. The van der Waals surface area contributed by atoms with E-state index in [1.165, 1.54) is 4.88 Å². The van der Waals surface area contributed by atoms with E-state index < -0.39 is 0 Å². The minimum absolute atomic E-state index is 0.0262. The number of nitrogens with zero attached hydrogens (tertiary/aromatic N) is 2. The van der Waals surface area contributed by atoms with Gasteiger partial charge in [-0.15, -0.1) is 11.3 Å². The zero-order valence-corrected chi connectivity index (χ0v) is 13.9. The Hall–Kier alpha value is -1.69. The molecule has 0 aromatic carbocycles. The molecule has 2 rings (SSSR count). The molecule has 6 heteroatoms. The minimum Gasteiger partial charge on any atom is -0.361 e. The lowest BCUT2D eigenvalue weighted by atomic mass is 10.1. The van der Waals surface area contributed by atoms with Gasteiger partial charge in [-0.2, -0.15) is 0 Å². The van der Waals surface area contributed by atoms with Crippen molar-refractivity contribution in [3.05, 3.63) is 32.6 Å². The van der Waals surface area contributed by atoms with E-state index >= 15 is 0 Å². The van der Waals surface area contributed by atoms with E-state index in [9.17, 15) is 4.79 Å². The van der Waals surface area contributed by atoms with Crippen LogP contribution in [0.2, 0.25) is 0 Å². The van der Waals surface area contributed by atoms with Gasteiger partial charge in [-0.05, 0) is 34.1 Å². The average Bonchev–Trinajstić information content (AvgIpc) is 2.93. The monoisotopic (exact) mass is 307 g/mol. The van der Waals surface area contributed by atoms with E-state index in [1.54, 1.807) is 11.3 Å². The van der Waals surface area contributed by atoms with Gasteiger partial charge in [-0.25, -0.2) is 4.98 Å². The Bertz CT molecular complexity index is 606. The molecule has 1 atom stereocenters. The van der Waals surface area contributed by atoms with Gasteiger partial charge < -0.3 is 9.84 Å². The summed E-state index contributed by atoms with van der Waals surface area (Å²) in [5.74, 6) is 0.679. The first-order chi connectivity index (χ1) is 9.92. The highest BCUT2D eigenvalue weighted by molar-refractivity contribution is 7.11. The van der Waals surface area contributed by atoms with E-state index in [-0.39, 0.29) is 11.9 Å². The van der Waals surface area contributed by atoms with Crippen LogP contribution in [-0.4, -0.2) is 16.0 Å². The number of aryl methyl sites for hydroxylation is 4. The molecule has 114 valence electrons. The number of carbonyl (C=O) groups excluding carboxylic acids is 1. The zero-order valence-electron chi connectivity index (χ0n) is 13.1. The van der Waals surface area contributed by atoms with Crippen LogP contribution in [0.1, 0.15) is 52.0 Å². The first-order valence-electron chi connectivity index (χ1n) is 7.07. The molecule has 0 radical (unpaired) electrons. The molecule has 0 saturated heterocycles. The molecule has 0 aliphatic carbocycles. The lowest BCUT2D eigenvalue weighted by Crippen LogP contribution is -2.29. The third kappa shape index (κ3) is 3.50. The molecular weight excluding hydrogens is 286 g/mol. The largest absolute Gasteiger partial charge is 0.361 e. The van der Waals surface area contributed by atoms with Crippen molar-refractivity contribution in [1.29, 1.82) is 0 Å². The van der Waals surface area contributed by atoms with Gasteiger partial charge in [0.15, 0.2) is 0 Å². The molecule has 0 saturated carbocycles. The number of hydrogen-bond acceptors (Lipinski definition) is 5. The molecular formula is C15H21N3O2S. The number of hydrogen-bond donors (Lipinski definition) is 1. The predicted molar refractivity (Wildman–Crippen MR) is 82.4 cm³/mol. The Morgan fingerprint density at radius 2 is 2.00 bits per heavy atom. The van der Waals surface area contributed by atoms with Gasteiger partial charge in [-0.3, -0.25) is 4.79 Å². The van der Waals surface area contributed by atoms with Crippen LogP contribution in [0, 0.1) is 27.7 Å². The van der Waals surface area contributed by atoms with Crippen molar-refractivity contribution in [2.24, 2.45) is 0 Å². The van der Waals surface area contributed by atoms with Crippen molar-refractivity contribution in [3.8, 4) is 0 Å². The van der Waals surface area contributed by atoms with Gasteiger partial charge in [-0.1, -0.05) is 12.1 Å². The maximum absolute atomic E-state index is 12.2. The molecule has 0 bridgehead atoms. The van der Waals surface area contributed by atoms with Crippen molar-refractivity contribution < 1.29 is 9.32 Å². The molecule has 5 nitrogen and oxygen atoms in total. The number of rotatable bonds is 5. The number of thiazole rings is 1. The topological polar surface area (TPSA) is 68.0 Å². The maximum Gasteiger partial charge on any atom is 0.225 e. The van der Waals surface area contributed by atoms with Crippen molar-refractivity contribution >= 4 is 17.2 Å². The summed E-state index contributed by atoms with van der Waals surface area (Å²) in [5, 5.41) is 7.90. The Balaban J connectivity index is 2.06. The van der Waals surface area contributed by atoms with Crippen LogP contribution in [0.25, 0.3) is 0 Å². The molecule has 1 N–H and O–H groups in total. The minimum atomic E-state index is -0.0321. The van der Waals surface area contributed by atoms with Gasteiger partial charge in [0.05, 0.1) is 23.9 Å². The van der Waals surface area contributed by atoms with Crippen LogP contribution in [0.3, 0.4) is 0 Å². The Kier molecular flexibility index (Phi) is 4.77. The van der Waals surface area contributed by atoms with E-state index in [2.05, 4.69) is 22.4 Å². The summed E-state index contributed by atoms with van der Waals surface area (Å²) in [4.78, 5) is 18.0. The lowest BCUT2D eigenvalue weighted by Gasteiger charge is -2.14. The summed E-state index contributed by atoms with van der Waals surface area (Å²) in [6, 6.07) is -0.0321. The van der Waals surface area contributed by atoms with Crippen LogP contribution in [-0.2, 0) is 11.2 Å². The number of aromatic nitrogens is 2. The quantitative estimate of drug-likeness (QED) is 0.921. The average molecular weight is 307 g/mol. The zero-order chi connectivity index (χ0) is 15.6. The smallest absolute Gasteiger partial charge is 0.225 e. The highest BCUT2D eigenvalue weighted by Gasteiger charge is 2.19. The summed E-state index contributed by atoms with van der Waals surface area (Å²) in [7, 11) is 0. The number of amides is 1. The Labute approximate surface area is 128 Å². The Morgan fingerprint density at radius 1 is 1.29 bits per heavy atom. The fraction of sp³-hybridized carbons (Fsp3) is 0.533. The molecule has 1 amide bonds. The second-order valence-corrected chi connectivity index (χ2v) is 6.44. The molecule has 2 aromatic rings. The fourth-order valence-corrected chi connectivity index (χ4v) is 3.20. The molecule has 2 aromatic heterocycles. The summed E-state index contributed by atoms with van der Waals surface area (Å²) in [6.07, 6.45) is 1.11. The van der Waals surface area contributed by atoms with Crippen molar-refractivity contribution in [2.45, 2.75) is 53.5 Å².